The van der Waals surface area contributed by atoms with Gasteiger partial charge in [-0.3, -0.25) is 4.79 Å². The molecule has 0 aliphatic heterocycles. The Bertz CT molecular complexity index is 601. The minimum absolute atomic E-state index is 0.167. The van der Waals surface area contributed by atoms with Crippen LogP contribution in [0.5, 0.6) is 0 Å². The second-order valence-electron chi connectivity index (χ2n) is 3.59. The van der Waals surface area contributed by atoms with Crippen LogP contribution in [0.15, 0.2) is 46.9 Å². The first-order valence-electron chi connectivity index (χ1n) is 5.08. The highest BCUT2D eigenvalue weighted by Gasteiger charge is 2.09. The highest BCUT2D eigenvalue weighted by molar-refractivity contribution is 9.10. The summed E-state index contributed by atoms with van der Waals surface area (Å²) in [5, 5.41) is 2.48. The fraction of sp³-hybridized carbons (Fsp3) is 0. The lowest BCUT2D eigenvalue weighted by Gasteiger charge is -2.05. The van der Waals surface area contributed by atoms with E-state index in [1.54, 1.807) is 6.07 Å². The highest BCUT2D eigenvalue weighted by atomic mass is 79.9. The number of carbonyl (C=O) groups excluding carboxylic acids is 1. The molecule has 2 aromatic carbocycles. The van der Waals surface area contributed by atoms with Gasteiger partial charge in [-0.05, 0) is 52.3 Å². The molecule has 0 radical (unpaired) electrons. The second-order valence-corrected chi connectivity index (χ2v) is 4.45. The molecule has 0 heterocycles. The Hall–Kier alpha value is -1.75. The van der Waals surface area contributed by atoms with Crippen LogP contribution in [0.1, 0.15) is 10.4 Å². The lowest BCUT2D eigenvalue weighted by atomic mass is 10.2. The zero-order valence-electron chi connectivity index (χ0n) is 9.08. The summed E-state index contributed by atoms with van der Waals surface area (Å²) in [6.45, 7) is 0. The van der Waals surface area contributed by atoms with Gasteiger partial charge < -0.3 is 5.32 Å². The third-order valence-corrected chi connectivity index (χ3v) is 2.91. The summed E-state index contributed by atoms with van der Waals surface area (Å²) in [7, 11) is 0. The molecular formula is C13H8BrF2NO. The van der Waals surface area contributed by atoms with Crippen LogP contribution >= 0.6 is 15.9 Å². The van der Waals surface area contributed by atoms with Gasteiger partial charge in [0.15, 0.2) is 0 Å². The molecule has 0 bridgehead atoms. The van der Waals surface area contributed by atoms with Crippen LogP contribution in [-0.4, -0.2) is 5.91 Å². The van der Waals surface area contributed by atoms with Gasteiger partial charge in [-0.25, -0.2) is 8.78 Å². The molecule has 18 heavy (non-hydrogen) atoms. The molecular weight excluding hydrogens is 304 g/mol. The molecule has 1 amide bonds. The number of benzene rings is 2. The molecule has 0 saturated heterocycles. The van der Waals surface area contributed by atoms with Crippen molar-refractivity contribution in [1.82, 2.24) is 0 Å². The van der Waals surface area contributed by atoms with E-state index in [1.807, 2.05) is 0 Å². The molecule has 0 spiro atoms. The summed E-state index contributed by atoms with van der Waals surface area (Å²) < 4.78 is 26.5. The van der Waals surface area contributed by atoms with E-state index in [1.165, 1.54) is 30.3 Å². The van der Waals surface area contributed by atoms with Gasteiger partial charge in [-0.2, -0.15) is 0 Å². The maximum Gasteiger partial charge on any atom is 0.255 e. The Morgan fingerprint density at radius 1 is 1.11 bits per heavy atom. The van der Waals surface area contributed by atoms with Crippen molar-refractivity contribution in [1.29, 1.82) is 0 Å². The third-order valence-electron chi connectivity index (χ3n) is 2.26. The Labute approximate surface area is 111 Å². The van der Waals surface area contributed by atoms with E-state index in [9.17, 15) is 13.6 Å². The van der Waals surface area contributed by atoms with E-state index < -0.39 is 17.5 Å². The molecule has 2 aromatic rings. The number of hydrogen-bond acceptors (Lipinski definition) is 1. The lowest BCUT2D eigenvalue weighted by Crippen LogP contribution is -2.12. The van der Waals surface area contributed by atoms with Gasteiger partial charge in [0.05, 0.1) is 4.47 Å². The van der Waals surface area contributed by atoms with Crippen LogP contribution in [0.4, 0.5) is 14.5 Å². The van der Waals surface area contributed by atoms with Crippen LogP contribution in [0.2, 0.25) is 0 Å². The van der Waals surface area contributed by atoms with Crippen molar-refractivity contribution in [2.45, 2.75) is 0 Å². The van der Waals surface area contributed by atoms with Crippen molar-refractivity contribution in [2.24, 2.45) is 0 Å². The fourth-order valence-electron chi connectivity index (χ4n) is 1.41. The van der Waals surface area contributed by atoms with E-state index in [0.29, 0.717) is 5.69 Å². The predicted octanol–water partition coefficient (Wildman–Crippen LogP) is 3.98. The first kappa shape index (κ1) is 12.7. The quantitative estimate of drug-likeness (QED) is 0.893. The molecule has 0 aliphatic carbocycles. The first-order valence-corrected chi connectivity index (χ1v) is 5.87. The van der Waals surface area contributed by atoms with Crippen molar-refractivity contribution in [3.63, 3.8) is 0 Å². The van der Waals surface area contributed by atoms with E-state index in [0.717, 1.165) is 6.07 Å². The van der Waals surface area contributed by atoms with Gasteiger partial charge in [-0.15, -0.1) is 0 Å². The highest BCUT2D eigenvalue weighted by Crippen LogP contribution is 2.17. The molecule has 2 nitrogen and oxygen atoms in total. The SMILES string of the molecule is O=C(Nc1cccc(F)c1)c1ccc(Br)c(F)c1. The van der Waals surface area contributed by atoms with Crippen molar-refractivity contribution in [3.05, 3.63) is 64.1 Å². The zero-order chi connectivity index (χ0) is 13.1. The fourth-order valence-corrected chi connectivity index (χ4v) is 1.65. The first-order chi connectivity index (χ1) is 8.56. The number of hydrogen-bond donors (Lipinski definition) is 1. The zero-order valence-corrected chi connectivity index (χ0v) is 10.7. The largest absolute Gasteiger partial charge is 0.322 e. The molecule has 0 atom stereocenters. The van der Waals surface area contributed by atoms with Gasteiger partial charge in [0.25, 0.3) is 5.91 Å². The van der Waals surface area contributed by atoms with Crippen LogP contribution in [0.25, 0.3) is 0 Å². The van der Waals surface area contributed by atoms with Gasteiger partial charge in [0.1, 0.15) is 11.6 Å². The van der Waals surface area contributed by atoms with Gasteiger partial charge in [0.2, 0.25) is 0 Å². The normalized spacial score (nSPS) is 10.2. The average Bonchev–Trinajstić information content (AvgIpc) is 2.32. The molecule has 0 aromatic heterocycles. The minimum atomic E-state index is -0.526. The Morgan fingerprint density at radius 3 is 2.56 bits per heavy atom. The number of nitrogens with one attached hydrogen (secondary N) is 1. The summed E-state index contributed by atoms with van der Waals surface area (Å²) in [6.07, 6.45) is 0. The summed E-state index contributed by atoms with van der Waals surface area (Å²) in [4.78, 5) is 11.8. The van der Waals surface area contributed by atoms with Gasteiger partial charge in [0, 0.05) is 11.3 Å². The topological polar surface area (TPSA) is 29.1 Å². The number of amides is 1. The summed E-state index contributed by atoms with van der Waals surface area (Å²) >= 11 is 3.00. The van der Waals surface area contributed by atoms with Crippen molar-refractivity contribution in [2.75, 3.05) is 5.32 Å². The van der Waals surface area contributed by atoms with E-state index in [-0.39, 0.29) is 10.0 Å². The predicted molar refractivity (Wildman–Crippen MR) is 68.5 cm³/mol. The molecule has 0 aliphatic rings. The number of anilines is 1. The van der Waals surface area contributed by atoms with Crippen LogP contribution in [0.3, 0.4) is 0 Å². The molecule has 0 saturated carbocycles. The number of halogens is 3. The molecule has 1 N–H and O–H groups in total. The van der Waals surface area contributed by atoms with Crippen LogP contribution < -0.4 is 5.32 Å². The maximum atomic E-state index is 13.3. The van der Waals surface area contributed by atoms with Crippen molar-refractivity contribution in [3.8, 4) is 0 Å². The average molecular weight is 312 g/mol. The number of rotatable bonds is 2. The lowest BCUT2D eigenvalue weighted by molar-refractivity contribution is 0.102. The van der Waals surface area contributed by atoms with E-state index in [4.69, 9.17) is 0 Å². The van der Waals surface area contributed by atoms with E-state index in [2.05, 4.69) is 21.2 Å². The second kappa shape index (κ2) is 5.27. The maximum absolute atomic E-state index is 13.3. The molecule has 0 fully saturated rings. The third kappa shape index (κ3) is 2.92. The Kier molecular flexibility index (Phi) is 3.72. The monoisotopic (exact) mass is 311 g/mol. The Balaban J connectivity index is 2.19. The molecule has 5 heteroatoms. The molecule has 0 unspecified atom stereocenters. The van der Waals surface area contributed by atoms with Crippen LogP contribution in [0, 0.1) is 11.6 Å². The summed E-state index contributed by atoms with van der Waals surface area (Å²) in [5.74, 6) is -1.47. The van der Waals surface area contributed by atoms with Crippen LogP contribution in [-0.2, 0) is 0 Å². The minimum Gasteiger partial charge on any atom is -0.322 e. The van der Waals surface area contributed by atoms with Gasteiger partial charge in [-0.1, -0.05) is 6.07 Å². The number of carbonyl (C=O) groups is 1. The summed E-state index contributed by atoms with van der Waals surface area (Å²) in [6, 6.07) is 9.52. The van der Waals surface area contributed by atoms with E-state index >= 15 is 0 Å². The standard InChI is InChI=1S/C13H8BrF2NO/c14-11-5-4-8(6-12(11)16)13(18)17-10-3-1-2-9(15)7-10/h1-7H,(H,17,18). The van der Waals surface area contributed by atoms with Gasteiger partial charge >= 0.3 is 0 Å². The summed E-state index contributed by atoms with van der Waals surface area (Å²) in [5.41, 5.74) is 0.489. The van der Waals surface area contributed by atoms with Crippen molar-refractivity contribution < 1.29 is 13.6 Å². The molecule has 2 rings (SSSR count). The molecule has 92 valence electrons. The smallest absolute Gasteiger partial charge is 0.255 e. The Morgan fingerprint density at radius 2 is 1.89 bits per heavy atom. The van der Waals surface area contributed by atoms with Crippen molar-refractivity contribution >= 4 is 27.5 Å².